The lowest BCUT2D eigenvalue weighted by molar-refractivity contribution is 0.197. The second-order valence-electron chi connectivity index (χ2n) is 6.26. The molecule has 26 heavy (non-hydrogen) atoms. The molecule has 1 heterocycles. The Morgan fingerprint density at radius 3 is 2.27 bits per heavy atom. The molecular weight excluding hydrogens is 371 g/mol. The van der Waals surface area contributed by atoms with Crippen LogP contribution in [-0.2, 0) is 15.8 Å². The van der Waals surface area contributed by atoms with Crippen molar-refractivity contribution in [2.45, 2.75) is 10.6 Å². The summed E-state index contributed by atoms with van der Waals surface area (Å²) in [5.41, 5.74) is 0.816. The van der Waals surface area contributed by atoms with Crippen molar-refractivity contribution in [3.8, 4) is 0 Å². The zero-order chi connectivity index (χ0) is 18.4. The minimum absolute atomic E-state index is 0.0526. The molecule has 1 saturated heterocycles. The highest BCUT2D eigenvalue weighted by Gasteiger charge is 2.26. The first-order valence-electron chi connectivity index (χ1n) is 8.66. The van der Waals surface area contributed by atoms with Gasteiger partial charge in [0.1, 0.15) is 5.82 Å². The number of thioether (sulfide) groups is 1. The lowest BCUT2D eigenvalue weighted by atomic mass is 10.2. The van der Waals surface area contributed by atoms with Gasteiger partial charge in [0.05, 0.1) is 5.75 Å². The summed E-state index contributed by atoms with van der Waals surface area (Å²) < 4.78 is 40.3. The van der Waals surface area contributed by atoms with Crippen LogP contribution in [0.25, 0.3) is 0 Å². The minimum Gasteiger partial charge on any atom is -0.300 e. The number of rotatable bonds is 7. The standard InChI is InChI=1S/C19H23FN2O2S2/c20-18-8-4-5-9-19(18)25-15-14-21-10-12-22(13-11-21)26(23,24)16-17-6-2-1-3-7-17/h1-9H,10-16H2. The van der Waals surface area contributed by atoms with Gasteiger partial charge in [0.15, 0.2) is 0 Å². The molecule has 3 rings (SSSR count). The molecule has 1 aliphatic rings. The van der Waals surface area contributed by atoms with Crippen LogP contribution in [0.15, 0.2) is 59.5 Å². The number of sulfonamides is 1. The Morgan fingerprint density at radius 1 is 0.923 bits per heavy atom. The number of benzene rings is 2. The molecule has 0 aliphatic carbocycles. The van der Waals surface area contributed by atoms with Crippen LogP contribution in [0.3, 0.4) is 0 Å². The number of hydrogen-bond acceptors (Lipinski definition) is 4. The van der Waals surface area contributed by atoms with Crippen LogP contribution in [0, 0.1) is 5.82 Å². The van der Waals surface area contributed by atoms with Gasteiger partial charge in [0, 0.05) is 43.4 Å². The maximum Gasteiger partial charge on any atom is 0.218 e. The second kappa shape index (κ2) is 8.99. The van der Waals surface area contributed by atoms with E-state index in [0.29, 0.717) is 31.1 Å². The number of nitrogens with zero attached hydrogens (tertiary/aromatic N) is 2. The fourth-order valence-corrected chi connectivity index (χ4v) is 5.42. The zero-order valence-corrected chi connectivity index (χ0v) is 16.2. The van der Waals surface area contributed by atoms with Crippen molar-refractivity contribution in [3.05, 3.63) is 66.0 Å². The molecule has 0 saturated carbocycles. The molecule has 0 N–H and O–H groups in total. The third kappa shape index (κ3) is 5.30. The molecule has 1 fully saturated rings. The van der Waals surface area contributed by atoms with E-state index in [2.05, 4.69) is 4.90 Å². The summed E-state index contributed by atoms with van der Waals surface area (Å²) in [4.78, 5) is 2.90. The van der Waals surface area contributed by atoms with E-state index in [-0.39, 0.29) is 11.6 Å². The van der Waals surface area contributed by atoms with Gasteiger partial charge in [-0.25, -0.2) is 12.8 Å². The monoisotopic (exact) mass is 394 g/mol. The van der Waals surface area contributed by atoms with Gasteiger partial charge in [0.25, 0.3) is 0 Å². The van der Waals surface area contributed by atoms with Gasteiger partial charge in [0.2, 0.25) is 10.0 Å². The summed E-state index contributed by atoms with van der Waals surface area (Å²) in [5, 5.41) is 0. The van der Waals surface area contributed by atoms with E-state index in [1.807, 2.05) is 36.4 Å². The van der Waals surface area contributed by atoms with E-state index in [9.17, 15) is 12.8 Å². The minimum atomic E-state index is -3.28. The predicted octanol–water partition coefficient (Wildman–Crippen LogP) is 3.07. The quantitative estimate of drug-likeness (QED) is 0.677. The lowest BCUT2D eigenvalue weighted by Gasteiger charge is -2.33. The molecule has 0 radical (unpaired) electrons. The SMILES string of the molecule is O=S(=O)(Cc1ccccc1)N1CCN(CCSc2ccccc2F)CC1. The first-order valence-corrected chi connectivity index (χ1v) is 11.3. The van der Waals surface area contributed by atoms with Crippen LogP contribution in [0.2, 0.25) is 0 Å². The normalized spacial score (nSPS) is 16.7. The molecular formula is C19H23FN2O2S2. The summed E-state index contributed by atoms with van der Waals surface area (Å²) in [6.45, 7) is 3.28. The van der Waals surface area contributed by atoms with Crippen molar-refractivity contribution >= 4 is 21.8 Å². The van der Waals surface area contributed by atoms with E-state index in [4.69, 9.17) is 0 Å². The van der Waals surface area contributed by atoms with E-state index in [0.717, 1.165) is 17.9 Å². The first-order chi connectivity index (χ1) is 12.5. The fraction of sp³-hybridized carbons (Fsp3) is 0.368. The van der Waals surface area contributed by atoms with Crippen molar-refractivity contribution in [3.63, 3.8) is 0 Å². The van der Waals surface area contributed by atoms with Gasteiger partial charge >= 0.3 is 0 Å². The van der Waals surface area contributed by atoms with E-state index in [1.54, 1.807) is 16.4 Å². The predicted molar refractivity (Wildman–Crippen MR) is 104 cm³/mol. The molecule has 2 aromatic rings. The molecule has 7 heteroatoms. The van der Waals surface area contributed by atoms with Crippen molar-refractivity contribution in [1.82, 2.24) is 9.21 Å². The summed E-state index contributed by atoms with van der Waals surface area (Å²) in [7, 11) is -3.28. The maximum atomic E-state index is 13.6. The Balaban J connectivity index is 1.44. The van der Waals surface area contributed by atoms with Gasteiger partial charge < -0.3 is 0 Å². The van der Waals surface area contributed by atoms with Crippen LogP contribution in [-0.4, -0.2) is 56.1 Å². The Hall–Kier alpha value is -1.41. The molecule has 0 spiro atoms. The highest BCUT2D eigenvalue weighted by atomic mass is 32.2. The van der Waals surface area contributed by atoms with Gasteiger partial charge in [-0.3, -0.25) is 4.90 Å². The van der Waals surface area contributed by atoms with E-state index in [1.165, 1.54) is 17.8 Å². The van der Waals surface area contributed by atoms with Crippen LogP contribution in [0.5, 0.6) is 0 Å². The van der Waals surface area contributed by atoms with Crippen LogP contribution < -0.4 is 0 Å². The number of halogens is 1. The smallest absolute Gasteiger partial charge is 0.218 e. The molecule has 1 aliphatic heterocycles. The van der Waals surface area contributed by atoms with E-state index < -0.39 is 10.0 Å². The molecule has 0 amide bonds. The van der Waals surface area contributed by atoms with Gasteiger partial charge in [-0.15, -0.1) is 11.8 Å². The molecule has 140 valence electrons. The summed E-state index contributed by atoms with van der Waals surface area (Å²) in [6.07, 6.45) is 0. The van der Waals surface area contributed by atoms with Crippen molar-refractivity contribution < 1.29 is 12.8 Å². The second-order valence-corrected chi connectivity index (χ2v) is 9.37. The Kier molecular flexibility index (Phi) is 6.69. The lowest BCUT2D eigenvalue weighted by Crippen LogP contribution is -2.49. The Labute approximate surface area is 159 Å². The molecule has 0 bridgehead atoms. The van der Waals surface area contributed by atoms with Crippen LogP contribution >= 0.6 is 11.8 Å². The van der Waals surface area contributed by atoms with Crippen molar-refractivity contribution in [2.24, 2.45) is 0 Å². The van der Waals surface area contributed by atoms with Gasteiger partial charge in [-0.1, -0.05) is 42.5 Å². The molecule has 0 aromatic heterocycles. The topological polar surface area (TPSA) is 40.6 Å². The summed E-state index contributed by atoms with van der Waals surface area (Å²) in [6, 6.07) is 16.1. The van der Waals surface area contributed by atoms with E-state index >= 15 is 0 Å². The Bertz CT molecular complexity index is 807. The van der Waals surface area contributed by atoms with Crippen LogP contribution in [0.4, 0.5) is 4.39 Å². The molecule has 0 unspecified atom stereocenters. The maximum absolute atomic E-state index is 13.6. The molecule has 0 atom stereocenters. The number of piperazine rings is 1. The highest BCUT2D eigenvalue weighted by Crippen LogP contribution is 2.21. The molecule has 4 nitrogen and oxygen atoms in total. The summed E-state index contributed by atoms with van der Waals surface area (Å²) in [5.74, 6) is 0.656. The van der Waals surface area contributed by atoms with Gasteiger partial charge in [-0.05, 0) is 17.7 Å². The number of hydrogen-bond donors (Lipinski definition) is 0. The fourth-order valence-electron chi connectivity index (χ4n) is 2.95. The largest absolute Gasteiger partial charge is 0.300 e. The first kappa shape index (κ1) is 19.4. The third-order valence-corrected chi connectivity index (χ3v) is 7.30. The van der Waals surface area contributed by atoms with Crippen molar-refractivity contribution in [1.29, 1.82) is 0 Å². The third-order valence-electron chi connectivity index (χ3n) is 4.42. The summed E-state index contributed by atoms with van der Waals surface area (Å²) >= 11 is 1.50. The van der Waals surface area contributed by atoms with Crippen LogP contribution in [0.1, 0.15) is 5.56 Å². The van der Waals surface area contributed by atoms with Gasteiger partial charge in [-0.2, -0.15) is 4.31 Å². The zero-order valence-electron chi connectivity index (χ0n) is 14.6. The van der Waals surface area contributed by atoms with Crippen molar-refractivity contribution in [2.75, 3.05) is 38.5 Å². The average Bonchev–Trinajstić information content (AvgIpc) is 2.64. The highest BCUT2D eigenvalue weighted by molar-refractivity contribution is 7.99. The average molecular weight is 395 g/mol. The molecule has 2 aromatic carbocycles. The Morgan fingerprint density at radius 2 is 1.58 bits per heavy atom.